The summed E-state index contributed by atoms with van der Waals surface area (Å²) in [5, 5.41) is 10.5. The van der Waals surface area contributed by atoms with E-state index in [9.17, 15) is 17.9 Å². The van der Waals surface area contributed by atoms with Crippen molar-refractivity contribution >= 4 is 21.6 Å². The number of aliphatic hydroxyl groups is 1. The standard InChI is InChI=1S/C15H15ClFNO3S/c16-12-5-3-4-11(10-12)14(19)8-9-18-22(20,21)15-7-2-1-6-13(15)17/h1-7,10,14,18-19H,8-9H2. The summed E-state index contributed by atoms with van der Waals surface area (Å²) in [6, 6.07) is 11.8. The molecule has 0 heterocycles. The van der Waals surface area contributed by atoms with Crippen molar-refractivity contribution in [2.45, 2.75) is 17.4 Å². The van der Waals surface area contributed by atoms with Crippen molar-refractivity contribution < 1.29 is 17.9 Å². The van der Waals surface area contributed by atoms with E-state index in [1.165, 1.54) is 18.2 Å². The molecule has 2 rings (SSSR count). The van der Waals surface area contributed by atoms with Gasteiger partial charge >= 0.3 is 0 Å². The minimum atomic E-state index is -3.94. The van der Waals surface area contributed by atoms with E-state index >= 15 is 0 Å². The SMILES string of the molecule is O=S(=O)(NCCC(O)c1cccc(Cl)c1)c1ccccc1F. The molecule has 0 saturated carbocycles. The fraction of sp³-hybridized carbons (Fsp3) is 0.200. The quantitative estimate of drug-likeness (QED) is 0.847. The van der Waals surface area contributed by atoms with Crippen LogP contribution in [0.5, 0.6) is 0 Å². The van der Waals surface area contributed by atoms with Crippen LogP contribution in [-0.2, 0) is 10.0 Å². The predicted octanol–water partition coefficient (Wildman–Crippen LogP) is 2.88. The van der Waals surface area contributed by atoms with Gasteiger partial charge in [0.25, 0.3) is 0 Å². The van der Waals surface area contributed by atoms with Gasteiger partial charge in [-0.25, -0.2) is 17.5 Å². The number of hydrogen-bond donors (Lipinski definition) is 2. The summed E-state index contributed by atoms with van der Waals surface area (Å²) in [6.07, 6.45) is -0.712. The van der Waals surface area contributed by atoms with Crippen molar-refractivity contribution in [1.29, 1.82) is 0 Å². The van der Waals surface area contributed by atoms with E-state index in [1.807, 2.05) is 0 Å². The van der Waals surface area contributed by atoms with E-state index < -0.39 is 26.8 Å². The molecule has 2 N–H and O–H groups in total. The molecule has 0 spiro atoms. The second-order valence-corrected chi connectivity index (χ2v) is 6.86. The maximum absolute atomic E-state index is 13.5. The first-order chi connectivity index (χ1) is 10.4. The molecule has 0 bridgehead atoms. The van der Waals surface area contributed by atoms with Crippen molar-refractivity contribution in [3.05, 3.63) is 64.9 Å². The molecule has 4 nitrogen and oxygen atoms in total. The number of aliphatic hydroxyl groups excluding tert-OH is 1. The largest absolute Gasteiger partial charge is 0.388 e. The first-order valence-corrected chi connectivity index (χ1v) is 8.44. The summed E-state index contributed by atoms with van der Waals surface area (Å²) in [4.78, 5) is -0.410. The first-order valence-electron chi connectivity index (χ1n) is 6.58. The third-order valence-electron chi connectivity index (χ3n) is 3.07. The Bertz CT molecular complexity index is 752. The summed E-state index contributed by atoms with van der Waals surface area (Å²) in [5.74, 6) is -0.814. The Labute approximate surface area is 133 Å². The van der Waals surface area contributed by atoms with Crippen molar-refractivity contribution in [3.63, 3.8) is 0 Å². The molecule has 118 valence electrons. The van der Waals surface area contributed by atoms with Crippen LogP contribution in [0.1, 0.15) is 18.1 Å². The van der Waals surface area contributed by atoms with Crippen LogP contribution in [0.25, 0.3) is 0 Å². The lowest BCUT2D eigenvalue weighted by molar-refractivity contribution is 0.169. The van der Waals surface area contributed by atoms with Gasteiger partial charge in [-0.05, 0) is 36.2 Å². The fourth-order valence-corrected chi connectivity index (χ4v) is 3.27. The lowest BCUT2D eigenvalue weighted by Crippen LogP contribution is -2.26. The highest BCUT2D eigenvalue weighted by Crippen LogP contribution is 2.20. The molecule has 2 aromatic rings. The van der Waals surface area contributed by atoms with Crippen LogP contribution < -0.4 is 4.72 Å². The van der Waals surface area contributed by atoms with E-state index in [1.54, 1.807) is 24.3 Å². The van der Waals surface area contributed by atoms with Crippen LogP contribution in [0.4, 0.5) is 4.39 Å². The minimum Gasteiger partial charge on any atom is -0.388 e. The Kier molecular flexibility index (Phi) is 5.52. The lowest BCUT2D eigenvalue weighted by atomic mass is 10.1. The molecule has 1 unspecified atom stereocenters. The monoisotopic (exact) mass is 343 g/mol. The van der Waals surface area contributed by atoms with Gasteiger partial charge in [0.05, 0.1) is 6.10 Å². The Morgan fingerprint density at radius 2 is 1.91 bits per heavy atom. The van der Waals surface area contributed by atoms with E-state index in [4.69, 9.17) is 11.6 Å². The molecule has 0 amide bonds. The van der Waals surface area contributed by atoms with Gasteiger partial charge in [-0.15, -0.1) is 0 Å². The van der Waals surface area contributed by atoms with Crippen LogP contribution in [0.15, 0.2) is 53.4 Å². The number of hydrogen-bond acceptors (Lipinski definition) is 3. The minimum absolute atomic E-state index is 0.0235. The molecule has 0 aliphatic carbocycles. The summed E-state index contributed by atoms with van der Waals surface area (Å²) >= 11 is 5.83. The molecular weight excluding hydrogens is 329 g/mol. The molecule has 2 aromatic carbocycles. The molecule has 0 aliphatic heterocycles. The Balaban J connectivity index is 1.97. The average molecular weight is 344 g/mol. The van der Waals surface area contributed by atoms with Crippen LogP contribution >= 0.6 is 11.6 Å². The van der Waals surface area contributed by atoms with E-state index in [0.717, 1.165) is 6.07 Å². The van der Waals surface area contributed by atoms with E-state index in [2.05, 4.69) is 4.72 Å². The van der Waals surface area contributed by atoms with Crippen molar-refractivity contribution in [2.24, 2.45) is 0 Å². The molecule has 7 heteroatoms. The van der Waals surface area contributed by atoms with E-state index in [-0.39, 0.29) is 13.0 Å². The smallest absolute Gasteiger partial charge is 0.243 e. The zero-order valence-electron chi connectivity index (χ0n) is 11.5. The van der Waals surface area contributed by atoms with Crippen LogP contribution in [0.3, 0.4) is 0 Å². The predicted molar refractivity (Wildman–Crippen MR) is 82.6 cm³/mol. The van der Waals surface area contributed by atoms with Crippen LogP contribution in [-0.4, -0.2) is 20.1 Å². The number of rotatable bonds is 6. The number of halogens is 2. The molecule has 0 fully saturated rings. The highest BCUT2D eigenvalue weighted by Gasteiger charge is 2.18. The average Bonchev–Trinajstić information content (AvgIpc) is 2.47. The van der Waals surface area contributed by atoms with Gasteiger partial charge in [-0.1, -0.05) is 35.9 Å². The normalized spacial score (nSPS) is 13.0. The number of sulfonamides is 1. The number of nitrogens with one attached hydrogen (secondary N) is 1. The number of benzene rings is 2. The molecule has 0 aliphatic rings. The van der Waals surface area contributed by atoms with Gasteiger partial charge in [0.15, 0.2) is 0 Å². The highest BCUT2D eigenvalue weighted by molar-refractivity contribution is 7.89. The molecule has 1 atom stereocenters. The van der Waals surface area contributed by atoms with Gasteiger partial charge in [-0.3, -0.25) is 0 Å². The van der Waals surface area contributed by atoms with Gasteiger partial charge in [-0.2, -0.15) is 0 Å². The summed E-state index contributed by atoms with van der Waals surface area (Å²) in [5.41, 5.74) is 0.595. The Morgan fingerprint density at radius 1 is 1.18 bits per heavy atom. The highest BCUT2D eigenvalue weighted by atomic mass is 35.5. The third kappa shape index (κ3) is 4.27. The van der Waals surface area contributed by atoms with Crippen LogP contribution in [0.2, 0.25) is 5.02 Å². The van der Waals surface area contributed by atoms with Gasteiger partial charge in [0.1, 0.15) is 10.7 Å². The fourth-order valence-electron chi connectivity index (χ4n) is 1.95. The molecule has 0 radical (unpaired) electrons. The summed E-state index contributed by atoms with van der Waals surface area (Å²) < 4.78 is 39.7. The zero-order chi connectivity index (χ0) is 16.2. The Hall–Kier alpha value is -1.47. The van der Waals surface area contributed by atoms with Gasteiger partial charge < -0.3 is 5.11 Å². The lowest BCUT2D eigenvalue weighted by Gasteiger charge is -2.12. The van der Waals surface area contributed by atoms with E-state index in [0.29, 0.717) is 10.6 Å². The topological polar surface area (TPSA) is 66.4 Å². The first kappa shape index (κ1) is 16.9. The second kappa shape index (κ2) is 7.19. The van der Waals surface area contributed by atoms with Crippen molar-refractivity contribution in [2.75, 3.05) is 6.54 Å². The van der Waals surface area contributed by atoms with Crippen molar-refractivity contribution in [1.82, 2.24) is 4.72 Å². The molecule has 0 saturated heterocycles. The van der Waals surface area contributed by atoms with Crippen LogP contribution in [0, 0.1) is 5.82 Å². The van der Waals surface area contributed by atoms with Gasteiger partial charge in [0.2, 0.25) is 10.0 Å². The zero-order valence-corrected chi connectivity index (χ0v) is 13.1. The van der Waals surface area contributed by atoms with Gasteiger partial charge in [0, 0.05) is 11.6 Å². The molecule has 22 heavy (non-hydrogen) atoms. The Morgan fingerprint density at radius 3 is 2.59 bits per heavy atom. The molecule has 0 aromatic heterocycles. The maximum atomic E-state index is 13.5. The summed E-state index contributed by atoms with van der Waals surface area (Å²) in [7, 11) is -3.94. The second-order valence-electron chi connectivity index (χ2n) is 4.69. The summed E-state index contributed by atoms with van der Waals surface area (Å²) in [6.45, 7) is -0.0235. The van der Waals surface area contributed by atoms with Crippen molar-refractivity contribution in [3.8, 4) is 0 Å². The third-order valence-corrected chi connectivity index (χ3v) is 4.80. The molecular formula is C15H15ClFNO3S. The maximum Gasteiger partial charge on any atom is 0.243 e.